The largest absolute Gasteiger partial charge is 0.309 e. The molecule has 8 heavy (non-hydrogen) atoms. The van der Waals surface area contributed by atoms with Crippen molar-refractivity contribution in [3.05, 3.63) is 0 Å². The summed E-state index contributed by atoms with van der Waals surface area (Å²) in [5.41, 5.74) is 0. The summed E-state index contributed by atoms with van der Waals surface area (Å²) in [5.74, 6) is 0. The van der Waals surface area contributed by atoms with Gasteiger partial charge in [0.1, 0.15) is 0 Å². The highest BCUT2D eigenvalue weighted by Gasteiger charge is 2.34. The quantitative estimate of drug-likeness (QED) is 0.461. The molecule has 0 spiro atoms. The normalized spacial score (nSPS) is 46.1. The number of fused-ring (bicyclic) bond motifs is 2. The van der Waals surface area contributed by atoms with E-state index in [0.717, 1.165) is 12.1 Å². The number of piperidine rings is 1. The molecule has 1 N–H and O–H groups in total. The maximum Gasteiger partial charge on any atom is 0.0213 e. The van der Waals surface area contributed by atoms with Crippen LogP contribution in [0.15, 0.2) is 0 Å². The minimum absolute atomic E-state index is 0.832. The first-order valence-electron chi connectivity index (χ1n) is 3.29. The van der Waals surface area contributed by atoms with Gasteiger partial charge in [0, 0.05) is 25.2 Å². The lowest BCUT2D eigenvalue weighted by Gasteiger charge is -2.47. The van der Waals surface area contributed by atoms with Gasteiger partial charge in [-0.3, -0.25) is 0 Å². The predicted octanol–water partition coefficient (Wildman–Crippen LogP) is -0.338. The average molecular weight is 112 g/mol. The van der Waals surface area contributed by atoms with Crippen LogP contribution in [0.2, 0.25) is 0 Å². The first kappa shape index (κ1) is 4.77. The first-order chi connectivity index (χ1) is 3.84. The maximum absolute atomic E-state index is 3.47. The second-order valence-electron chi connectivity index (χ2n) is 3.02. The van der Waals surface area contributed by atoms with E-state index in [1.807, 2.05) is 0 Å². The van der Waals surface area contributed by atoms with Crippen molar-refractivity contribution in [2.45, 2.75) is 18.5 Å². The summed E-state index contributed by atoms with van der Waals surface area (Å²) in [7, 11) is 2.19. The Labute approximate surface area is 49.9 Å². The fourth-order valence-corrected chi connectivity index (χ4v) is 1.73. The van der Waals surface area contributed by atoms with E-state index in [9.17, 15) is 0 Å². The van der Waals surface area contributed by atoms with Gasteiger partial charge >= 0.3 is 0 Å². The van der Waals surface area contributed by atoms with Gasteiger partial charge in [-0.25, -0.2) is 0 Å². The topological polar surface area (TPSA) is 15.3 Å². The van der Waals surface area contributed by atoms with Crippen molar-refractivity contribution in [2.24, 2.45) is 0 Å². The van der Waals surface area contributed by atoms with Gasteiger partial charge in [0.15, 0.2) is 0 Å². The van der Waals surface area contributed by atoms with Gasteiger partial charge in [0.25, 0.3) is 0 Å². The number of nitrogens with zero attached hydrogens (tertiary/aromatic N) is 1. The molecule has 3 aliphatic heterocycles. The zero-order valence-corrected chi connectivity index (χ0v) is 5.22. The van der Waals surface area contributed by atoms with E-state index in [0.29, 0.717) is 0 Å². The number of piperazine rings is 1. The highest BCUT2D eigenvalue weighted by molar-refractivity contribution is 4.96. The monoisotopic (exact) mass is 112 g/mol. The van der Waals surface area contributed by atoms with E-state index < -0.39 is 0 Å². The minimum atomic E-state index is 0.832. The second-order valence-corrected chi connectivity index (χ2v) is 3.02. The number of likely N-dealkylation sites (N-methyl/N-ethyl adjacent to an activating group) is 1. The molecule has 0 aliphatic carbocycles. The molecule has 0 saturated carbocycles. The second kappa shape index (κ2) is 1.45. The van der Waals surface area contributed by atoms with Crippen LogP contribution in [0, 0.1) is 0 Å². The van der Waals surface area contributed by atoms with Gasteiger partial charge in [-0.1, -0.05) is 0 Å². The Kier molecular flexibility index (Phi) is 0.866. The molecular weight excluding hydrogens is 100 g/mol. The van der Waals surface area contributed by atoms with Crippen LogP contribution in [-0.4, -0.2) is 37.1 Å². The fourth-order valence-electron chi connectivity index (χ4n) is 1.73. The molecule has 0 aromatic carbocycles. The number of nitrogens with one attached hydrogen (secondary N) is 1. The molecule has 3 saturated heterocycles. The lowest BCUT2D eigenvalue weighted by molar-refractivity contribution is 0.0984. The van der Waals surface area contributed by atoms with Crippen LogP contribution in [0.1, 0.15) is 6.42 Å². The molecule has 2 nitrogen and oxygen atoms in total. The molecule has 3 fully saturated rings. The Morgan fingerprint density at radius 3 is 2.12 bits per heavy atom. The molecule has 2 bridgehead atoms. The van der Waals surface area contributed by atoms with Crippen LogP contribution in [0.25, 0.3) is 0 Å². The van der Waals surface area contributed by atoms with Crippen LogP contribution < -0.4 is 5.32 Å². The van der Waals surface area contributed by atoms with Gasteiger partial charge in [0.2, 0.25) is 0 Å². The molecule has 0 amide bonds. The lowest BCUT2D eigenvalue weighted by atomic mass is 9.92. The molecule has 3 rings (SSSR count). The van der Waals surface area contributed by atoms with E-state index in [1.165, 1.54) is 19.5 Å². The molecule has 3 aliphatic rings. The van der Waals surface area contributed by atoms with Crippen LogP contribution in [0.3, 0.4) is 0 Å². The van der Waals surface area contributed by atoms with Gasteiger partial charge < -0.3 is 10.2 Å². The summed E-state index contributed by atoms with van der Waals surface area (Å²) in [6, 6.07) is 1.66. The number of hydrogen-bond donors (Lipinski definition) is 1. The molecule has 0 radical (unpaired) electrons. The summed E-state index contributed by atoms with van der Waals surface area (Å²) >= 11 is 0. The summed E-state index contributed by atoms with van der Waals surface area (Å²) in [6.07, 6.45) is 1.42. The zero-order chi connectivity index (χ0) is 5.56. The van der Waals surface area contributed by atoms with E-state index in [1.54, 1.807) is 0 Å². The minimum Gasteiger partial charge on any atom is -0.309 e. The van der Waals surface area contributed by atoms with E-state index >= 15 is 0 Å². The summed E-state index contributed by atoms with van der Waals surface area (Å²) < 4.78 is 0. The van der Waals surface area contributed by atoms with Gasteiger partial charge in [-0.15, -0.1) is 0 Å². The van der Waals surface area contributed by atoms with Gasteiger partial charge in [-0.05, 0) is 13.5 Å². The Bertz CT molecular complexity index is 86.7. The molecule has 0 aromatic heterocycles. The summed E-state index contributed by atoms with van der Waals surface area (Å²) in [5, 5.41) is 3.47. The molecule has 0 aromatic rings. The van der Waals surface area contributed by atoms with Crippen LogP contribution in [-0.2, 0) is 0 Å². The van der Waals surface area contributed by atoms with Crippen molar-refractivity contribution >= 4 is 0 Å². The average Bonchev–Trinajstić information content (AvgIpc) is 1.62. The lowest BCUT2D eigenvalue weighted by Crippen LogP contribution is -2.65. The van der Waals surface area contributed by atoms with Crippen molar-refractivity contribution < 1.29 is 0 Å². The van der Waals surface area contributed by atoms with E-state index in [-0.39, 0.29) is 0 Å². The number of rotatable bonds is 0. The predicted molar refractivity (Wildman–Crippen MR) is 32.8 cm³/mol. The molecule has 3 heterocycles. The van der Waals surface area contributed by atoms with E-state index in [4.69, 9.17) is 0 Å². The highest BCUT2D eigenvalue weighted by atomic mass is 15.2. The standard InChI is InChI=1S/C6H12N2/c1-8-3-5-2-6(4-8)7-5/h5-7H,2-4H2,1H3. The molecule has 2 unspecified atom stereocenters. The summed E-state index contributed by atoms with van der Waals surface area (Å²) in [6.45, 7) is 2.52. The zero-order valence-electron chi connectivity index (χ0n) is 5.22. The third-order valence-corrected chi connectivity index (χ3v) is 2.10. The van der Waals surface area contributed by atoms with Crippen LogP contribution in [0.5, 0.6) is 0 Å². The van der Waals surface area contributed by atoms with Crippen molar-refractivity contribution in [2.75, 3.05) is 20.1 Å². The Morgan fingerprint density at radius 2 is 1.88 bits per heavy atom. The smallest absolute Gasteiger partial charge is 0.0213 e. The first-order valence-corrected chi connectivity index (χ1v) is 3.29. The molecule has 2 heteroatoms. The third-order valence-electron chi connectivity index (χ3n) is 2.10. The molecular formula is C6H12N2. The SMILES string of the molecule is CN1CC2CC(C1)N2. The van der Waals surface area contributed by atoms with Crippen molar-refractivity contribution in [3.8, 4) is 0 Å². The Hall–Kier alpha value is -0.0800. The number of hydrogen-bond acceptors (Lipinski definition) is 2. The summed E-state index contributed by atoms with van der Waals surface area (Å²) in [4.78, 5) is 2.40. The maximum atomic E-state index is 3.47. The molecule has 2 atom stereocenters. The third kappa shape index (κ3) is 0.565. The van der Waals surface area contributed by atoms with Gasteiger partial charge in [0.05, 0.1) is 0 Å². The van der Waals surface area contributed by atoms with Gasteiger partial charge in [-0.2, -0.15) is 0 Å². The highest BCUT2D eigenvalue weighted by Crippen LogP contribution is 2.18. The van der Waals surface area contributed by atoms with Crippen molar-refractivity contribution in [3.63, 3.8) is 0 Å². The molecule has 46 valence electrons. The Balaban J connectivity index is 1.97. The van der Waals surface area contributed by atoms with Crippen LogP contribution >= 0.6 is 0 Å². The van der Waals surface area contributed by atoms with Crippen molar-refractivity contribution in [1.29, 1.82) is 0 Å². The van der Waals surface area contributed by atoms with E-state index in [2.05, 4.69) is 17.3 Å². The van der Waals surface area contributed by atoms with Crippen molar-refractivity contribution in [1.82, 2.24) is 10.2 Å². The Morgan fingerprint density at radius 1 is 1.38 bits per heavy atom. The van der Waals surface area contributed by atoms with Crippen LogP contribution in [0.4, 0.5) is 0 Å². The fraction of sp³-hybridized carbons (Fsp3) is 1.00.